The van der Waals surface area contributed by atoms with Crippen LogP contribution in [0.15, 0.2) is 41.6 Å². The molecule has 1 aliphatic heterocycles. The van der Waals surface area contributed by atoms with Crippen molar-refractivity contribution in [3.63, 3.8) is 0 Å². The summed E-state index contributed by atoms with van der Waals surface area (Å²) in [7, 11) is 0. The summed E-state index contributed by atoms with van der Waals surface area (Å²) in [5.74, 6) is -1.11. The lowest BCUT2D eigenvalue weighted by Crippen LogP contribution is -2.49. The summed E-state index contributed by atoms with van der Waals surface area (Å²) in [5, 5.41) is 21.5. The summed E-state index contributed by atoms with van der Waals surface area (Å²) in [6.45, 7) is 12.0. The van der Waals surface area contributed by atoms with Gasteiger partial charge in [-0.15, -0.1) is 11.3 Å². The Morgan fingerprint density at radius 1 is 1.24 bits per heavy atom. The lowest BCUT2D eigenvalue weighted by atomic mass is 9.91. The van der Waals surface area contributed by atoms with Gasteiger partial charge in [0.05, 0.1) is 28.0 Å². The number of hydrogen-bond acceptors (Lipinski definition) is 6. The summed E-state index contributed by atoms with van der Waals surface area (Å²) in [4.78, 5) is 34.2. The minimum absolute atomic E-state index is 0.118. The molecular formula is C29H40N4O3S. The SMILES string of the molecule is CC(=N)/C=C(\O)C(C(=O)N1CCC[C@H]1C(=O)NC(CC(C)C)c1ccc(-c2scnc2C)cc1)C(C)C. The Bertz CT molecular complexity index is 1140. The van der Waals surface area contributed by atoms with E-state index < -0.39 is 12.0 Å². The Labute approximate surface area is 224 Å². The Balaban J connectivity index is 1.80. The van der Waals surface area contributed by atoms with Crippen LogP contribution in [0.4, 0.5) is 0 Å². The highest BCUT2D eigenvalue weighted by atomic mass is 32.1. The Hall–Kier alpha value is -3.00. The van der Waals surface area contributed by atoms with Crippen LogP contribution in [0.3, 0.4) is 0 Å². The zero-order valence-electron chi connectivity index (χ0n) is 22.7. The largest absolute Gasteiger partial charge is 0.511 e. The van der Waals surface area contributed by atoms with Crippen LogP contribution >= 0.6 is 11.3 Å². The molecule has 0 bridgehead atoms. The third-order valence-corrected chi connectivity index (χ3v) is 7.78. The van der Waals surface area contributed by atoms with Crippen molar-refractivity contribution in [1.82, 2.24) is 15.2 Å². The predicted molar refractivity (Wildman–Crippen MR) is 150 cm³/mol. The van der Waals surface area contributed by atoms with Gasteiger partial charge in [-0.25, -0.2) is 4.98 Å². The first-order valence-electron chi connectivity index (χ1n) is 13.1. The minimum Gasteiger partial charge on any atom is -0.511 e. The van der Waals surface area contributed by atoms with E-state index in [9.17, 15) is 14.7 Å². The lowest BCUT2D eigenvalue weighted by Gasteiger charge is -2.31. The van der Waals surface area contributed by atoms with Gasteiger partial charge in [-0.2, -0.15) is 0 Å². The first-order chi connectivity index (χ1) is 17.5. The summed E-state index contributed by atoms with van der Waals surface area (Å²) >= 11 is 1.62. The molecule has 1 aliphatic rings. The fourth-order valence-electron chi connectivity index (χ4n) is 5.01. The zero-order valence-corrected chi connectivity index (χ0v) is 23.6. The number of nitrogens with one attached hydrogen (secondary N) is 2. The number of nitrogens with zero attached hydrogens (tertiary/aromatic N) is 2. The van der Waals surface area contributed by atoms with Crippen LogP contribution in [-0.2, 0) is 9.59 Å². The molecule has 0 spiro atoms. The highest BCUT2D eigenvalue weighted by Gasteiger charge is 2.40. The van der Waals surface area contributed by atoms with Gasteiger partial charge in [-0.05, 0) is 62.1 Å². The predicted octanol–water partition coefficient (Wildman–Crippen LogP) is 6.07. The van der Waals surface area contributed by atoms with Gasteiger partial charge in [-0.1, -0.05) is 52.0 Å². The van der Waals surface area contributed by atoms with Crippen LogP contribution in [0, 0.1) is 30.1 Å². The normalized spacial score (nSPS) is 17.8. The van der Waals surface area contributed by atoms with Gasteiger partial charge in [0.25, 0.3) is 0 Å². The molecule has 8 heteroatoms. The van der Waals surface area contributed by atoms with Crippen LogP contribution in [0.1, 0.15) is 71.2 Å². The molecule has 0 saturated carbocycles. The first kappa shape index (κ1) is 28.6. The van der Waals surface area contributed by atoms with Gasteiger partial charge in [-0.3, -0.25) is 9.59 Å². The zero-order chi connectivity index (χ0) is 27.3. The number of aliphatic hydroxyl groups is 1. The maximum absolute atomic E-state index is 13.5. The molecule has 3 atom stereocenters. The van der Waals surface area contributed by atoms with E-state index in [1.54, 1.807) is 23.2 Å². The molecule has 3 rings (SSSR count). The molecule has 2 unspecified atom stereocenters. The van der Waals surface area contributed by atoms with Gasteiger partial charge < -0.3 is 20.7 Å². The van der Waals surface area contributed by atoms with Crippen molar-refractivity contribution in [2.45, 2.75) is 72.9 Å². The smallest absolute Gasteiger partial charge is 0.243 e. The molecule has 37 heavy (non-hydrogen) atoms. The average molecular weight is 525 g/mol. The second-order valence-electron chi connectivity index (χ2n) is 10.7. The minimum atomic E-state index is -0.775. The summed E-state index contributed by atoms with van der Waals surface area (Å²) in [6.07, 6.45) is 3.43. The van der Waals surface area contributed by atoms with Crippen molar-refractivity contribution in [2.24, 2.45) is 17.8 Å². The van der Waals surface area contributed by atoms with Crippen molar-refractivity contribution >= 4 is 28.9 Å². The molecule has 200 valence electrons. The topological polar surface area (TPSA) is 106 Å². The number of likely N-dealkylation sites (tertiary alicyclic amines) is 1. The van der Waals surface area contributed by atoms with E-state index in [-0.39, 0.29) is 35.2 Å². The van der Waals surface area contributed by atoms with Gasteiger partial charge in [0.15, 0.2) is 0 Å². The number of carbonyl (C=O) groups is 2. The van der Waals surface area contributed by atoms with E-state index in [0.717, 1.165) is 34.5 Å². The lowest BCUT2D eigenvalue weighted by molar-refractivity contribution is -0.142. The van der Waals surface area contributed by atoms with Crippen molar-refractivity contribution in [3.8, 4) is 10.4 Å². The molecule has 1 saturated heterocycles. The number of amides is 2. The Morgan fingerprint density at radius 2 is 1.92 bits per heavy atom. The van der Waals surface area contributed by atoms with Crippen LogP contribution in [-0.4, -0.2) is 45.1 Å². The first-order valence-corrected chi connectivity index (χ1v) is 13.9. The standard InChI is InChI=1S/C29H40N4O3S/c1-17(2)14-23(21-9-11-22(12-10-21)27-20(6)31-16-37-27)32-28(35)24-8-7-13-33(24)29(36)26(18(3)4)25(34)15-19(5)30/h9-12,15-18,23-24,26,30,34H,7-8,13-14H2,1-6H3,(H,32,35)/b25-15-,30-19?/t23?,24-,26?/m0/s1. The monoisotopic (exact) mass is 524 g/mol. The molecule has 0 aliphatic carbocycles. The number of hydrogen-bond donors (Lipinski definition) is 3. The van der Waals surface area contributed by atoms with E-state index in [1.165, 1.54) is 6.08 Å². The van der Waals surface area contributed by atoms with Crippen molar-refractivity contribution < 1.29 is 14.7 Å². The summed E-state index contributed by atoms with van der Waals surface area (Å²) in [6, 6.07) is 7.55. The van der Waals surface area contributed by atoms with Crippen molar-refractivity contribution in [1.29, 1.82) is 5.41 Å². The number of rotatable bonds is 10. The van der Waals surface area contributed by atoms with Crippen molar-refractivity contribution in [2.75, 3.05) is 6.54 Å². The maximum atomic E-state index is 13.5. The number of thiazole rings is 1. The molecule has 2 aromatic rings. The van der Waals surface area contributed by atoms with Gasteiger partial charge >= 0.3 is 0 Å². The molecule has 1 aromatic heterocycles. The molecule has 0 radical (unpaired) electrons. The third kappa shape index (κ3) is 7.06. The fourth-order valence-corrected chi connectivity index (χ4v) is 5.82. The van der Waals surface area contributed by atoms with Gasteiger partial charge in [0, 0.05) is 12.3 Å². The fraction of sp³-hybridized carbons (Fsp3) is 0.517. The Kier molecular flexibility index (Phi) is 9.65. The van der Waals surface area contributed by atoms with Crippen LogP contribution < -0.4 is 5.32 Å². The van der Waals surface area contributed by atoms with Crippen LogP contribution in [0.25, 0.3) is 10.4 Å². The molecule has 1 aromatic carbocycles. The van der Waals surface area contributed by atoms with Gasteiger partial charge in [0.2, 0.25) is 11.8 Å². The highest BCUT2D eigenvalue weighted by Crippen LogP contribution is 2.31. The number of benzene rings is 1. The van der Waals surface area contributed by atoms with E-state index in [2.05, 4.69) is 48.4 Å². The van der Waals surface area contributed by atoms with E-state index >= 15 is 0 Å². The molecular weight excluding hydrogens is 484 g/mol. The van der Waals surface area contributed by atoms with Crippen LogP contribution in [0.5, 0.6) is 0 Å². The number of allylic oxidation sites excluding steroid dienone is 1. The van der Waals surface area contributed by atoms with Crippen molar-refractivity contribution in [3.05, 3.63) is 52.9 Å². The summed E-state index contributed by atoms with van der Waals surface area (Å²) < 4.78 is 0. The number of aryl methyl sites for hydroxylation is 1. The number of aliphatic hydroxyl groups excluding tert-OH is 1. The molecule has 3 N–H and O–H groups in total. The quantitative estimate of drug-likeness (QED) is 0.259. The molecule has 1 fully saturated rings. The molecule has 2 heterocycles. The van der Waals surface area contributed by atoms with E-state index in [1.807, 2.05) is 26.3 Å². The highest BCUT2D eigenvalue weighted by molar-refractivity contribution is 7.13. The van der Waals surface area contributed by atoms with Gasteiger partial charge in [0.1, 0.15) is 11.8 Å². The number of aromatic nitrogens is 1. The summed E-state index contributed by atoms with van der Waals surface area (Å²) in [5.41, 5.74) is 5.18. The van der Waals surface area contributed by atoms with E-state index in [0.29, 0.717) is 18.9 Å². The number of carbonyl (C=O) groups excluding carboxylic acids is 2. The average Bonchev–Trinajstić information content (AvgIpc) is 3.47. The Morgan fingerprint density at radius 3 is 2.46 bits per heavy atom. The van der Waals surface area contributed by atoms with E-state index in [4.69, 9.17) is 5.41 Å². The molecule has 2 amide bonds. The maximum Gasteiger partial charge on any atom is 0.243 e. The van der Waals surface area contributed by atoms with Crippen LogP contribution in [0.2, 0.25) is 0 Å². The molecule has 7 nitrogen and oxygen atoms in total. The third-order valence-electron chi connectivity index (χ3n) is 6.80. The second kappa shape index (κ2) is 12.5. The second-order valence-corrected chi connectivity index (χ2v) is 11.6.